The second-order valence-electron chi connectivity index (χ2n) is 5.36. The van der Waals surface area contributed by atoms with E-state index < -0.39 is 27.0 Å². The summed E-state index contributed by atoms with van der Waals surface area (Å²) in [5, 5.41) is 2.06. The SMILES string of the molecule is O=C(Nc1ccc(F)c(Cl)c1)c1ccnc(NS(=O)(=O)C2CC2)c1. The van der Waals surface area contributed by atoms with Crippen molar-refractivity contribution < 1.29 is 17.6 Å². The van der Waals surface area contributed by atoms with E-state index in [-0.39, 0.29) is 16.4 Å². The fourth-order valence-electron chi connectivity index (χ4n) is 2.01. The van der Waals surface area contributed by atoms with Crippen LogP contribution in [0.15, 0.2) is 36.5 Å². The molecule has 1 saturated carbocycles. The van der Waals surface area contributed by atoms with Gasteiger partial charge in [0.15, 0.2) is 0 Å². The minimum absolute atomic E-state index is 0.0756. The molecule has 3 rings (SSSR count). The number of carbonyl (C=O) groups is 1. The fourth-order valence-corrected chi connectivity index (χ4v) is 3.52. The van der Waals surface area contributed by atoms with Crippen LogP contribution in [-0.2, 0) is 10.0 Å². The molecule has 126 valence electrons. The summed E-state index contributed by atoms with van der Waals surface area (Å²) in [4.78, 5) is 16.1. The zero-order valence-electron chi connectivity index (χ0n) is 12.3. The molecule has 0 bridgehead atoms. The van der Waals surface area contributed by atoms with Crippen LogP contribution in [0.4, 0.5) is 15.9 Å². The zero-order chi connectivity index (χ0) is 17.3. The normalized spacial score (nSPS) is 14.2. The van der Waals surface area contributed by atoms with Crippen LogP contribution in [0, 0.1) is 5.82 Å². The van der Waals surface area contributed by atoms with Crippen LogP contribution in [0.5, 0.6) is 0 Å². The highest BCUT2D eigenvalue weighted by molar-refractivity contribution is 7.93. The summed E-state index contributed by atoms with van der Waals surface area (Å²) in [6.07, 6.45) is 2.58. The lowest BCUT2D eigenvalue weighted by molar-refractivity contribution is 0.102. The number of anilines is 2. The molecule has 0 aliphatic heterocycles. The van der Waals surface area contributed by atoms with Crippen molar-refractivity contribution in [2.24, 2.45) is 0 Å². The predicted molar refractivity (Wildman–Crippen MR) is 89.2 cm³/mol. The van der Waals surface area contributed by atoms with Crippen molar-refractivity contribution in [2.45, 2.75) is 18.1 Å². The summed E-state index contributed by atoms with van der Waals surface area (Å²) in [7, 11) is -3.46. The Morgan fingerprint density at radius 3 is 2.67 bits per heavy atom. The van der Waals surface area contributed by atoms with E-state index in [9.17, 15) is 17.6 Å². The first-order chi connectivity index (χ1) is 11.3. The standard InChI is InChI=1S/C15H13ClFN3O3S/c16-12-8-10(1-4-13(12)17)19-15(21)9-5-6-18-14(7-9)20-24(22,23)11-2-3-11/h1,4-8,11H,2-3H2,(H,18,20)(H,19,21). The second kappa shape index (κ2) is 6.37. The number of hydrogen-bond acceptors (Lipinski definition) is 4. The average molecular weight is 370 g/mol. The molecule has 1 aliphatic rings. The van der Waals surface area contributed by atoms with Gasteiger partial charge in [0.05, 0.1) is 10.3 Å². The number of nitrogens with one attached hydrogen (secondary N) is 2. The van der Waals surface area contributed by atoms with Gasteiger partial charge in [-0.1, -0.05) is 11.6 Å². The maximum Gasteiger partial charge on any atom is 0.255 e. The Kier molecular flexibility index (Phi) is 4.42. The lowest BCUT2D eigenvalue weighted by Gasteiger charge is -2.09. The van der Waals surface area contributed by atoms with Gasteiger partial charge in [0.25, 0.3) is 5.91 Å². The molecule has 1 aromatic carbocycles. The predicted octanol–water partition coefficient (Wildman–Crippen LogP) is 3.03. The Balaban J connectivity index is 1.75. The van der Waals surface area contributed by atoms with Crippen molar-refractivity contribution in [3.05, 3.63) is 52.9 Å². The molecule has 2 N–H and O–H groups in total. The number of amides is 1. The first-order valence-corrected chi connectivity index (χ1v) is 9.02. The summed E-state index contributed by atoms with van der Waals surface area (Å²) in [6, 6.07) is 6.57. The summed E-state index contributed by atoms with van der Waals surface area (Å²) in [5.41, 5.74) is 0.530. The first kappa shape index (κ1) is 16.7. The van der Waals surface area contributed by atoms with E-state index in [2.05, 4.69) is 15.0 Å². The summed E-state index contributed by atoms with van der Waals surface area (Å²) in [5.74, 6) is -1.01. The fraction of sp³-hybridized carbons (Fsp3) is 0.200. The minimum atomic E-state index is -3.46. The van der Waals surface area contributed by atoms with Crippen LogP contribution in [0.2, 0.25) is 5.02 Å². The Hall–Kier alpha value is -2.19. The summed E-state index contributed by atoms with van der Waals surface area (Å²) >= 11 is 5.66. The molecular formula is C15H13ClFN3O3S. The molecule has 0 unspecified atom stereocenters. The highest BCUT2D eigenvalue weighted by Gasteiger charge is 2.36. The van der Waals surface area contributed by atoms with Crippen molar-refractivity contribution in [3.8, 4) is 0 Å². The molecule has 1 aliphatic carbocycles. The number of halogens is 2. The molecular weight excluding hydrogens is 357 g/mol. The van der Waals surface area contributed by atoms with E-state index >= 15 is 0 Å². The summed E-state index contributed by atoms with van der Waals surface area (Å²) < 4.78 is 39.3. The molecule has 0 spiro atoms. The van der Waals surface area contributed by atoms with E-state index in [1.54, 1.807) is 0 Å². The average Bonchev–Trinajstić information content (AvgIpc) is 3.36. The van der Waals surface area contributed by atoms with Crippen LogP contribution in [0.25, 0.3) is 0 Å². The van der Waals surface area contributed by atoms with Crippen LogP contribution in [-0.4, -0.2) is 24.6 Å². The van der Waals surface area contributed by atoms with Gasteiger partial charge in [-0.2, -0.15) is 0 Å². The number of hydrogen-bond donors (Lipinski definition) is 2. The third-order valence-corrected chi connectivity index (χ3v) is 5.54. The van der Waals surface area contributed by atoms with Gasteiger partial charge in [0, 0.05) is 17.4 Å². The van der Waals surface area contributed by atoms with Crippen molar-refractivity contribution in [3.63, 3.8) is 0 Å². The van der Waals surface area contributed by atoms with E-state index in [1.165, 1.54) is 30.5 Å². The molecule has 6 nitrogen and oxygen atoms in total. The number of benzene rings is 1. The van der Waals surface area contributed by atoms with Crippen molar-refractivity contribution >= 4 is 39.0 Å². The molecule has 1 heterocycles. The quantitative estimate of drug-likeness (QED) is 0.847. The topological polar surface area (TPSA) is 88.2 Å². The van der Waals surface area contributed by atoms with E-state index in [0.29, 0.717) is 18.5 Å². The Morgan fingerprint density at radius 2 is 2.00 bits per heavy atom. The van der Waals surface area contributed by atoms with Gasteiger partial charge in [-0.15, -0.1) is 0 Å². The van der Waals surface area contributed by atoms with Crippen LogP contribution in [0.1, 0.15) is 23.2 Å². The number of pyridine rings is 1. The van der Waals surface area contributed by atoms with Crippen LogP contribution >= 0.6 is 11.6 Å². The third-order valence-electron chi connectivity index (χ3n) is 3.41. The minimum Gasteiger partial charge on any atom is -0.322 e. The lowest BCUT2D eigenvalue weighted by atomic mass is 10.2. The van der Waals surface area contributed by atoms with Gasteiger partial charge in [0.1, 0.15) is 11.6 Å². The van der Waals surface area contributed by atoms with E-state index in [1.807, 2.05) is 0 Å². The van der Waals surface area contributed by atoms with Gasteiger partial charge in [-0.3, -0.25) is 9.52 Å². The second-order valence-corrected chi connectivity index (χ2v) is 7.73. The van der Waals surface area contributed by atoms with Crippen molar-refractivity contribution in [1.29, 1.82) is 0 Å². The third kappa shape index (κ3) is 3.82. The number of carbonyl (C=O) groups excluding carboxylic acids is 1. The number of sulfonamides is 1. The molecule has 0 atom stereocenters. The Labute approximate surface area is 143 Å². The number of aromatic nitrogens is 1. The first-order valence-electron chi connectivity index (χ1n) is 7.09. The largest absolute Gasteiger partial charge is 0.322 e. The maximum atomic E-state index is 13.1. The van der Waals surface area contributed by atoms with Crippen molar-refractivity contribution in [1.82, 2.24) is 4.98 Å². The van der Waals surface area contributed by atoms with Gasteiger partial charge >= 0.3 is 0 Å². The molecule has 24 heavy (non-hydrogen) atoms. The van der Waals surface area contributed by atoms with Gasteiger partial charge in [-0.05, 0) is 43.2 Å². The van der Waals surface area contributed by atoms with Gasteiger partial charge < -0.3 is 5.32 Å². The maximum absolute atomic E-state index is 13.1. The number of nitrogens with zero attached hydrogens (tertiary/aromatic N) is 1. The van der Waals surface area contributed by atoms with Gasteiger partial charge in [-0.25, -0.2) is 17.8 Å². The smallest absolute Gasteiger partial charge is 0.255 e. The van der Waals surface area contributed by atoms with Crippen LogP contribution < -0.4 is 10.0 Å². The Bertz CT molecular complexity index is 901. The monoisotopic (exact) mass is 369 g/mol. The molecule has 2 aromatic rings. The highest BCUT2D eigenvalue weighted by atomic mass is 35.5. The molecule has 1 aromatic heterocycles. The Morgan fingerprint density at radius 1 is 1.25 bits per heavy atom. The molecule has 1 amide bonds. The van der Waals surface area contributed by atoms with E-state index in [0.717, 1.165) is 6.07 Å². The summed E-state index contributed by atoms with van der Waals surface area (Å²) in [6.45, 7) is 0. The van der Waals surface area contributed by atoms with E-state index in [4.69, 9.17) is 11.6 Å². The zero-order valence-corrected chi connectivity index (χ0v) is 13.9. The number of rotatable bonds is 5. The molecule has 0 radical (unpaired) electrons. The molecule has 0 saturated heterocycles. The lowest BCUT2D eigenvalue weighted by Crippen LogP contribution is -2.19. The molecule has 9 heteroatoms. The van der Waals surface area contributed by atoms with Crippen LogP contribution in [0.3, 0.4) is 0 Å². The molecule has 1 fully saturated rings. The van der Waals surface area contributed by atoms with Crippen molar-refractivity contribution in [2.75, 3.05) is 10.0 Å². The van der Waals surface area contributed by atoms with Gasteiger partial charge in [0.2, 0.25) is 10.0 Å². The highest BCUT2D eigenvalue weighted by Crippen LogP contribution is 2.29.